The fraction of sp³-hybridized carbons (Fsp3) is 0.471. The van der Waals surface area contributed by atoms with E-state index in [2.05, 4.69) is 10.6 Å². The van der Waals surface area contributed by atoms with Crippen molar-refractivity contribution in [1.29, 1.82) is 0 Å². The molecular formula is C17H20N3O3S+. The van der Waals surface area contributed by atoms with Crippen molar-refractivity contribution in [2.45, 2.75) is 43.6 Å². The average Bonchev–Trinajstić information content (AvgIpc) is 2.60. The molecule has 3 N–H and O–H groups in total. The number of pyridine rings is 1. The highest BCUT2D eigenvalue weighted by Gasteiger charge is 2.52. The predicted octanol–water partition coefficient (Wildman–Crippen LogP) is 0.434. The third-order valence-electron chi connectivity index (χ3n) is 5.04. The topological polar surface area (TPSA) is 87.5 Å². The van der Waals surface area contributed by atoms with Crippen LogP contribution in [0.5, 0.6) is 0 Å². The molecule has 1 fully saturated rings. The van der Waals surface area contributed by atoms with Crippen molar-refractivity contribution >= 4 is 23.6 Å². The van der Waals surface area contributed by atoms with Crippen molar-refractivity contribution in [2.24, 2.45) is 5.73 Å². The molecule has 0 saturated carbocycles. The molecule has 0 unspecified atom stereocenters. The molecule has 1 aromatic rings. The molecule has 2 atom stereocenters. The number of nitrogens with two attached hydrogens (primary N) is 1. The summed E-state index contributed by atoms with van der Waals surface area (Å²) in [6, 6.07) is 3.60. The molecule has 7 heteroatoms. The van der Waals surface area contributed by atoms with E-state index >= 15 is 0 Å². The molecule has 3 aliphatic rings. The maximum atomic E-state index is 12.0. The second-order valence-electron chi connectivity index (χ2n) is 6.51. The number of carbonyl (C=O) groups is 2. The SMILES string of the molecule is N[C@@H]1C(=O)N2C(C(=O)O)=C(C[n+]3cccc4c3CCCC4)CS[C@H]12. The fourth-order valence-electron chi connectivity index (χ4n) is 3.83. The van der Waals surface area contributed by atoms with Crippen molar-refractivity contribution < 1.29 is 19.3 Å². The Labute approximate surface area is 144 Å². The molecule has 0 aromatic carbocycles. The molecule has 3 heterocycles. The summed E-state index contributed by atoms with van der Waals surface area (Å²) in [5.74, 6) is -0.733. The Balaban J connectivity index is 1.71. The third-order valence-corrected chi connectivity index (χ3v) is 6.40. The summed E-state index contributed by atoms with van der Waals surface area (Å²) in [4.78, 5) is 25.2. The van der Waals surface area contributed by atoms with Crippen LogP contribution in [-0.2, 0) is 29.0 Å². The molecule has 1 amide bonds. The molecule has 1 saturated heterocycles. The molecule has 0 radical (unpaired) electrons. The van der Waals surface area contributed by atoms with Crippen molar-refractivity contribution in [3.63, 3.8) is 0 Å². The number of β-lactam (4-membered cyclic amide) rings is 1. The van der Waals surface area contributed by atoms with Crippen LogP contribution in [0.3, 0.4) is 0 Å². The summed E-state index contributed by atoms with van der Waals surface area (Å²) in [5.41, 5.74) is 9.35. The van der Waals surface area contributed by atoms with E-state index in [1.165, 1.54) is 22.6 Å². The van der Waals surface area contributed by atoms with E-state index in [1.807, 2.05) is 12.3 Å². The number of fused-ring (bicyclic) bond motifs is 2. The number of rotatable bonds is 3. The van der Waals surface area contributed by atoms with Gasteiger partial charge in [-0.1, -0.05) is 0 Å². The van der Waals surface area contributed by atoms with Crippen molar-refractivity contribution in [3.8, 4) is 0 Å². The van der Waals surface area contributed by atoms with E-state index in [0.717, 1.165) is 24.8 Å². The maximum Gasteiger partial charge on any atom is 0.352 e. The zero-order valence-electron chi connectivity index (χ0n) is 13.3. The largest absolute Gasteiger partial charge is 0.477 e. The number of carbonyl (C=O) groups excluding carboxylic acids is 1. The minimum Gasteiger partial charge on any atom is -0.477 e. The lowest BCUT2D eigenvalue weighted by molar-refractivity contribution is -0.697. The van der Waals surface area contributed by atoms with Gasteiger partial charge in [-0.05, 0) is 25.3 Å². The smallest absolute Gasteiger partial charge is 0.352 e. The van der Waals surface area contributed by atoms with Crippen molar-refractivity contribution in [1.82, 2.24) is 4.90 Å². The molecule has 6 nitrogen and oxygen atoms in total. The van der Waals surface area contributed by atoms with Gasteiger partial charge in [-0.15, -0.1) is 11.8 Å². The number of thioether (sulfide) groups is 1. The Morgan fingerprint density at radius 3 is 3.00 bits per heavy atom. The maximum absolute atomic E-state index is 12.0. The van der Waals surface area contributed by atoms with Crippen LogP contribution in [0.15, 0.2) is 29.6 Å². The van der Waals surface area contributed by atoms with E-state index < -0.39 is 12.0 Å². The minimum atomic E-state index is -1.04. The molecule has 4 rings (SSSR count). The number of carboxylic acids is 1. The van der Waals surface area contributed by atoms with Gasteiger partial charge in [0.05, 0.1) is 0 Å². The van der Waals surface area contributed by atoms with Gasteiger partial charge in [0.1, 0.15) is 17.1 Å². The highest BCUT2D eigenvalue weighted by molar-refractivity contribution is 8.00. The Morgan fingerprint density at radius 1 is 1.42 bits per heavy atom. The fourth-order valence-corrected chi connectivity index (χ4v) is 5.11. The van der Waals surface area contributed by atoms with Crippen LogP contribution < -0.4 is 10.3 Å². The quantitative estimate of drug-likeness (QED) is 0.612. The number of aryl methyl sites for hydroxylation is 1. The van der Waals surface area contributed by atoms with E-state index in [-0.39, 0.29) is 17.0 Å². The highest BCUT2D eigenvalue weighted by Crippen LogP contribution is 2.39. The Kier molecular flexibility index (Phi) is 3.85. The number of hydrogen-bond donors (Lipinski definition) is 2. The number of aromatic nitrogens is 1. The molecule has 2 aliphatic heterocycles. The standard InChI is InChI=1S/C17H19N3O3S/c18-13-15(21)20-14(17(22)23)11(9-24-16(13)20)8-19-7-3-5-10-4-1-2-6-12(10)19/h3,5,7,13,16H,1-2,4,6,8-9,18H2/p+1/t13-,16-/m1/s1. The van der Waals surface area contributed by atoms with Gasteiger partial charge in [-0.3, -0.25) is 9.69 Å². The van der Waals surface area contributed by atoms with Crippen LogP contribution in [0.2, 0.25) is 0 Å². The highest BCUT2D eigenvalue weighted by atomic mass is 32.2. The zero-order valence-corrected chi connectivity index (χ0v) is 14.1. The van der Waals surface area contributed by atoms with E-state index in [1.54, 1.807) is 11.8 Å². The predicted molar refractivity (Wildman–Crippen MR) is 89.0 cm³/mol. The van der Waals surface area contributed by atoms with Crippen molar-refractivity contribution in [3.05, 3.63) is 40.9 Å². The van der Waals surface area contributed by atoms with Crippen molar-refractivity contribution in [2.75, 3.05) is 5.75 Å². The summed E-state index contributed by atoms with van der Waals surface area (Å²) in [6.07, 6.45) is 6.49. The van der Waals surface area contributed by atoms with Crippen LogP contribution in [0, 0.1) is 0 Å². The first-order valence-electron chi connectivity index (χ1n) is 8.23. The molecular weight excluding hydrogens is 326 g/mol. The van der Waals surface area contributed by atoms with Gasteiger partial charge in [0.2, 0.25) is 5.91 Å². The lowest BCUT2D eigenvalue weighted by Crippen LogP contribution is -2.68. The van der Waals surface area contributed by atoms with Gasteiger partial charge in [-0.2, -0.15) is 4.57 Å². The number of carboxylic acid groups (broad SMARTS) is 1. The Morgan fingerprint density at radius 2 is 2.21 bits per heavy atom. The average molecular weight is 346 g/mol. The lowest BCUT2D eigenvalue weighted by atomic mass is 9.95. The van der Waals surface area contributed by atoms with Crippen LogP contribution in [0.25, 0.3) is 0 Å². The number of hydrogen-bond acceptors (Lipinski definition) is 4. The molecule has 1 aromatic heterocycles. The van der Waals surface area contributed by atoms with Crippen LogP contribution >= 0.6 is 11.8 Å². The number of nitrogens with zero attached hydrogens (tertiary/aromatic N) is 2. The van der Waals surface area contributed by atoms with Gasteiger partial charge in [0.25, 0.3) is 0 Å². The summed E-state index contributed by atoms with van der Waals surface area (Å²) >= 11 is 1.56. The summed E-state index contributed by atoms with van der Waals surface area (Å²) in [5, 5.41) is 9.41. The second-order valence-corrected chi connectivity index (χ2v) is 7.61. The molecule has 0 bridgehead atoms. The van der Waals surface area contributed by atoms with Gasteiger partial charge in [0, 0.05) is 29.4 Å². The first-order valence-corrected chi connectivity index (χ1v) is 9.28. The van der Waals surface area contributed by atoms with Gasteiger partial charge < -0.3 is 10.8 Å². The lowest BCUT2D eigenvalue weighted by Gasteiger charge is -2.47. The van der Waals surface area contributed by atoms with E-state index in [0.29, 0.717) is 12.3 Å². The van der Waals surface area contributed by atoms with Crippen LogP contribution in [0.4, 0.5) is 0 Å². The molecule has 1 aliphatic carbocycles. The third kappa shape index (κ3) is 2.34. The molecule has 0 spiro atoms. The van der Waals surface area contributed by atoms with Crippen LogP contribution in [-0.4, -0.2) is 39.1 Å². The summed E-state index contributed by atoms with van der Waals surface area (Å²) < 4.78 is 2.15. The number of amides is 1. The first kappa shape index (κ1) is 15.7. The van der Waals surface area contributed by atoms with Gasteiger partial charge >= 0.3 is 5.97 Å². The van der Waals surface area contributed by atoms with Crippen LogP contribution in [0.1, 0.15) is 24.1 Å². The van der Waals surface area contributed by atoms with Gasteiger partial charge in [-0.25, -0.2) is 4.79 Å². The van der Waals surface area contributed by atoms with E-state index in [4.69, 9.17) is 5.73 Å². The zero-order chi connectivity index (χ0) is 16.8. The summed E-state index contributed by atoms with van der Waals surface area (Å²) in [6.45, 7) is 0.517. The first-order chi connectivity index (χ1) is 11.6. The Hall–Kier alpha value is -1.86. The summed E-state index contributed by atoms with van der Waals surface area (Å²) in [7, 11) is 0. The Bertz CT molecular complexity index is 761. The normalized spacial score (nSPS) is 25.9. The minimum absolute atomic E-state index is 0.131. The monoisotopic (exact) mass is 346 g/mol. The van der Waals surface area contributed by atoms with E-state index in [9.17, 15) is 14.7 Å². The second kappa shape index (κ2) is 5.89. The van der Waals surface area contributed by atoms with Gasteiger partial charge in [0.15, 0.2) is 18.4 Å². The molecule has 126 valence electrons. The molecule has 24 heavy (non-hydrogen) atoms. The number of aliphatic carboxylic acids is 1.